The molecule has 0 heterocycles. The summed E-state index contributed by atoms with van der Waals surface area (Å²) < 4.78 is 35.0. The predicted molar refractivity (Wildman–Crippen MR) is 43.4 cm³/mol. The summed E-state index contributed by atoms with van der Waals surface area (Å²) in [4.78, 5) is 52.6. The van der Waals surface area contributed by atoms with Crippen LogP contribution in [-0.4, -0.2) is 29.6 Å². The molecule has 0 aliphatic heterocycles. The van der Waals surface area contributed by atoms with Crippen LogP contribution in [0.25, 0.3) is 0 Å². The Balaban J connectivity index is 5.57. The summed E-state index contributed by atoms with van der Waals surface area (Å²) in [5.74, 6) is 0. The topological polar surface area (TPSA) is 185 Å². The first-order valence-corrected chi connectivity index (χ1v) is 7.78. The van der Waals surface area contributed by atoms with Gasteiger partial charge in [0.05, 0.1) is 0 Å². The van der Waals surface area contributed by atoms with Crippen LogP contribution < -0.4 is 4.89 Å². The largest absolute Gasteiger partial charge is 0.756 e. The van der Waals surface area contributed by atoms with E-state index in [0.717, 1.165) is 0 Å². The van der Waals surface area contributed by atoms with E-state index in [1.807, 2.05) is 0 Å². The molecule has 5 N–H and O–H groups in total. The van der Waals surface area contributed by atoms with E-state index in [0.29, 0.717) is 0 Å². The lowest BCUT2D eigenvalue weighted by Gasteiger charge is -2.33. The molecule has 0 rings (SSSR count). The Labute approximate surface area is 83.5 Å². The molecule has 1 unspecified atom stereocenters. The molecule has 0 radical (unpaired) electrons. The van der Waals surface area contributed by atoms with E-state index in [9.17, 15) is 18.6 Å². The summed E-state index contributed by atoms with van der Waals surface area (Å²) in [7, 11) is -17.0. The molecule has 0 bridgehead atoms. The molecule has 0 aliphatic carbocycles. The number of hydrogen-bond acceptors (Lipinski definition) is 5. The van der Waals surface area contributed by atoms with Gasteiger partial charge in [0.1, 0.15) is 0 Å². The van der Waals surface area contributed by atoms with E-state index >= 15 is 0 Å². The maximum absolute atomic E-state index is 10.7. The van der Waals surface area contributed by atoms with Gasteiger partial charge in [-0.15, -0.1) is 0 Å². The highest BCUT2D eigenvalue weighted by Gasteiger charge is 2.59. The molecule has 13 heteroatoms. The van der Waals surface area contributed by atoms with Gasteiger partial charge < -0.3 is 29.4 Å². The summed E-state index contributed by atoms with van der Waals surface area (Å²) in [6.45, 7) is 0.176. The zero-order valence-corrected chi connectivity index (χ0v) is 9.80. The van der Waals surface area contributed by atoms with Crippen molar-refractivity contribution in [1.29, 1.82) is 0 Å². The van der Waals surface area contributed by atoms with Gasteiger partial charge in [0.15, 0.2) is 0 Å². The maximum atomic E-state index is 10.7. The van der Waals surface area contributed by atoms with Gasteiger partial charge >= 0.3 is 15.2 Å². The van der Waals surface area contributed by atoms with Crippen molar-refractivity contribution in [3.8, 4) is 0 Å². The van der Waals surface area contributed by atoms with Crippen LogP contribution in [0.2, 0.25) is 0 Å². The minimum atomic E-state index is -5.71. The van der Waals surface area contributed by atoms with Crippen molar-refractivity contribution in [3.63, 3.8) is 0 Å². The second kappa shape index (κ2) is 4.01. The van der Waals surface area contributed by atoms with Crippen LogP contribution in [0.15, 0.2) is 0 Å². The fraction of sp³-hybridized carbons (Fsp3) is 1.00. The third-order valence-corrected chi connectivity index (χ3v) is 6.16. The van der Waals surface area contributed by atoms with Crippen LogP contribution in [0.1, 0.15) is 6.92 Å². The Hall–Kier alpha value is 0.410. The average Bonchev–Trinajstić information content (AvgIpc) is 1.77. The van der Waals surface area contributed by atoms with Gasteiger partial charge in [-0.3, -0.25) is 18.2 Å². The molecular weight excluding hydrogens is 277 g/mol. The molecule has 0 aliphatic rings. The van der Waals surface area contributed by atoms with Crippen molar-refractivity contribution >= 4 is 23.0 Å². The Morgan fingerprint density at radius 2 is 1.27 bits per heavy atom. The zero-order valence-electron chi connectivity index (χ0n) is 7.12. The number of phosphoric acid groups is 1. The summed E-state index contributed by atoms with van der Waals surface area (Å²) in [5, 5.41) is -3.63. The summed E-state index contributed by atoms with van der Waals surface area (Å²) in [5.41, 5.74) is 0. The van der Waals surface area contributed by atoms with E-state index in [2.05, 4.69) is 4.52 Å². The lowest BCUT2D eigenvalue weighted by Crippen LogP contribution is -2.29. The monoisotopic (exact) mass is 285 g/mol. The molecule has 0 amide bonds. The molecule has 0 aromatic heterocycles. The van der Waals surface area contributed by atoms with E-state index < -0.39 is 28.1 Å². The smallest absolute Gasteiger partial charge is 0.369 e. The third-order valence-electron chi connectivity index (χ3n) is 1.37. The normalized spacial score (nSPS) is 18.6. The van der Waals surface area contributed by atoms with Gasteiger partial charge in [-0.2, -0.15) is 0 Å². The molecule has 0 aromatic rings. The molecule has 1 atom stereocenters. The van der Waals surface area contributed by atoms with E-state index in [1.165, 1.54) is 0 Å². The zero-order chi connectivity index (χ0) is 12.7. The molecule has 0 aromatic carbocycles. The first-order valence-electron chi connectivity index (χ1n) is 3.06. The van der Waals surface area contributed by atoms with Crippen LogP contribution in [0.5, 0.6) is 0 Å². The Morgan fingerprint density at radius 3 is 1.33 bits per heavy atom. The highest BCUT2D eigenvalue weighted by Crippen LogP contribution is 2.72. The van der Waals surface area contributed by atoms with Crippen molar-refractivity contribution in [2.24, 2.45) is 0 Å². The first-order chi connectivity index (χ1) is 6.21. The minimum absolute atomic E-state index is 0.176. The minimum Gasteiger partial charge on any atom is -0.756 e. The lowest BCUT2D eigenvalue weighted by atomic mass is 10.9. The van der Waals surface area contributed by atoms with Crippen LogP contribution in [0.3, 0.4) is 0 Å². The van der Waals surface area contributed by atoms with Gasteiger partial charge in [0, 0.05) is 0 Å². The Kier molecular flexibility index (Phi) is 4.12. The molecule has 10 nitrogen and oxygen atoms in total. The van der Waals surface area contributed by atoms with Crippen molar-refractivity contribution < 1.29 is 47.6 Å². The van der Waals surface area contributed by atoms with Gasteiger partial charge in [-0.1, -0.05) is 0 Å². The standard InChI is InChI=1S/C2H9O10P3/c1-2(13(3,4)5,14(6,7)8)12-15(9,10)11/h1H3,(H2,3,4,5)(H2,6,7,8)(H2,9,10,11)/p-1. The molecule has 0 fully saturated rings. The summed E-state index contributed by atoms with van der Waals surface area (Å²) in [6, 6.07) is 0. The highest BCUT2D eigenvalue weighted by atomic mass is 31.2. The average molecular weight is 285 g/mol. The number of phosphoric ester groups is 1. The van der Waals surface area contributed by atoms with Crippen LogP contribution >= 0.6 is 23.0 Å². The third kappa shape index (κ3) is 3.72. The van der Waals surface area contributed by atoms with E-state index in [1.54, 1.807) is 0 Å². The van der Waals surface area contributed by atoms with Crippen molar-refractivity contribution in [1.82, 2.24) is 0 Å². The molecular formula is C2H8O10P3-. The first kappa shape index (κ1) is 15.4. The molecule has 92 valence electrons. The van der Waals surface area contributed by atoms with Crippen molar-refractivity contribution in [3.05, 3.63) is 0 Å². The summed E-state index contributed by atoms with van der Waals surface area (Å²) in [6.07, 6.45) is 0. The second-order valence-corrected chi connectivity index (χ2v) is 7.94. The quantitative estimate of drug-likeness (QED) is 0.380. The molecule has 0 saturated heterocycles. The number of hydrogen-bond donors (Lipinski definition) is 5. The lowest BCUT2D eigenvalue weighted by molar-refractivity contribution is -0.223. The van der Waals surface area contributed by atoms with E-state index in [4.69, 9.17) is 24.5 Å². The molecule has 15 heavy (non-hydrogen) atoms. The van der Waals surface area contributed by atoms with Gasteiger partial charge in [-0.25, -0.2) is 0 Å². The maximum Gasteiger partial charge on any atom is 0.369 e. The van der Waals surface area contributed by atoms with Crippen LogP contribution in [0.4, 0.5) is 0 Å². The fourth-order valence-electron chi connectivity index (χ4n) is 0.495. The van der Waals surface area contributed by atoms with Gasteiger partial charge in [0.2, 0.25) is 0 Å². The van der Waals surface area contributed by atoms with Gasteiger partial charge in [0.25, 0.3) is 12.9 Å². The molecule has 0 saturated carbocycles. The summed E-state index contributed by atoms with van der Waals surface area (Å²) >= 11 is 0. The van der Waals surface area contributed by atoms with Crippen LogP contribution in [-0.2, 0) is 18.2 Å². The second-order valence-electron chi connectivity index (χ2n) is 2.58. The predicted octanol–water partition coefficient (Wildman–Crippen LogP) is -1.51. The fourth-order valence-corrected chi connectivity index (χ4v) is 3.76. The highest BCUT2D eigenvalue weighted by molar-refractivity contribution is 7.72. The SMILES string of the molecule is CC(OP(=O)([O-])O)(P(=O)(O)O)P(=O)(O)O. The Morgan fingerprint density at radius 1 is 1.00 bits per heavy atom. The van der Waals surface area contributed by atoms with E-state index in [-0.39, 0.29) is 6.92 Å². The van der Waals surface area contributed by atoms with Crippen molar-refractivity contribution in [2.45, 2.75) is 12.0 Å². The Bertz CT molecular complexity index is 344. The van der Waals surface area contributed by atoms with Gasteiger partial charge in [-0.05, 0) is 6.92 Å². The molecule has 0 spiro atoms. The van der Waals surface area contributed by atoms with Crippen LogP contribution in [0, 0.1) is 0 Å². The number of rotatable bonds is 4. The van der Waals surface area contributed by atoms with Crippen molar-refractivity contribution in [2.75, 3.05) is 0 Å².